The van der Waals surface area contributed by atoms with Gasteiger partial charge in [0, 0.05) is 11.8 Å². The lowest BCUT2D eigenvalue weighted by Gasteiger charge is -2.38. The number of hydrogen-bond donors (Lipinski definition) is 2. The molecule has 0 bridgehead atoms. The molecule has 1 aromatic heterocycles. The summed E-state index contributed by atoms with van der Waals surface area (Å²) in [5.41, 5.74) is 5.20. The summed E-state index contributed by atoms with van der Waals surface area (Å²) in [6.45, 7) is 7.73. The van der Waals surface area contributed by atoms with E-state index >= 15 is 0 Å². The lowest BCUT2D eigenvalue weighted by Crippen LogP contribution is -2.48. The molecule has 1 aliphatic heterocycles. The number of hydrogen-bond acceptors (Lipinski definition) is 5. The zero-order valence-electron chi connectivity index (χ0n) is 19.2. The van der Waals surface area contributed by atoms with Crippen molar-refractivity contribution >= 4 is 34.7 Å². The molecule has 170 valence electrons. The SMILES string of the molecule is COc1cccc(C2NC(=S)N(c3cc(C)ccc3C)C(C)=C2C(=O)Nc2cc(C)on2)c1. The number of aryl methyl sites for hydroxylation is 3. The Hall–Kier alpha value is -3.65. The van der Waals surface area contributed by atoms with E-state index < -0.39 is 6.04 Å². The van der Waals surface area contributed by atoms with Crippen LogP contribution in [0.2, 0.25) is 0 Å². The van der Waals surface area contributed by atoms with Crippen molar-refractivity contribution in [3.8, 4) is 5.75 Å². The van der Waals surface area contributed by atoms with E-state index in [1.807, 2.05) is 56.0 Å². The molecule has 2 heterocycles. The molecule has 1 amide bonds. The molecule has 1 unspecified atom stereocenters. The van der Waals surface area contributed by atoms with Crippen LogP contribution in [-0.2, 0) is 4.79 Å². The summed E-state index contributed by atoms with van der Waals surface area (Å²) < 4.78 is 10.5. The maximum atomic E-state index is 13.6. The maximum absolute atomic E-state index is 13.6. The van der Waals surface area contributed by atoms with Crippen LogP contribution in [-0.4, -0.2) is 23.3 Å². The summed E-state index contributed by atoms with van der Waals surface area (Å²) in [6, 6.07) is 15.0. The van der Waals surface area contributed by atoms with Crippen LogP contribution >= 0.6 is 12.2 Å². The fourth-order valence-electron chi connectivity index (χ4n) is 3.97. The number of nitrogens with one attached hydrogen (secondary N) is 2. The molecule has 8 heteroatoms. The van der Waals surface area contributed by atoms with Gasteiger partial charge in [-0.25, -0.2) is 0 Å². The number of carbonyl (C=O) groups excluding carboxylic acids is 1. The number of thiocarbonyl (C=S) groups is 1. The summed E-state index contributed by atoms with van der Waals surface area (Å²) in [5, 5.41) is 10.7. The highest BCUT2D eigenvalue weighted by atomic mass is 32.1. The van der Waals surface area contributed by atoms with Crippen molar-refractivity contribution in [3.63, 3.8) is 0 Å². The molecule has 1 aliphatic rings. The second-order valence-electron chi connectivity index (χ2n) is 8.06. The third-order valence-electron chi connectivity index (χ3n) is 5.63. The van der Waals surface area contributed by atoms with Gasteiger partial charge in [-0.15, -0.1) is 0 Å². The number of nitrogens with zero attached hydrogens (tertiary/aromatic N) is 2. The Balaban J connectivity index is 1.85. The average Bonchev–Trinajstić information content (AvgIpc) is 3.20. The Labute approximate surface area is 198 Å². The van der Waals surface area contributed by atoms with Crippen LogP contribution in [0.15, 0.2) is 64.3 Å². The van der Waals surface area contributed by atoms with E-state index in [0.29, 0.717) is 28.0 Å². The van der Waals surface area contributed by atoms with Crippen molar-refractivity contribution in [1.82, 2.24) is 10.5 Å². The van der Waals surface area contributed by atoms with Crippen LogP contribution < -0.4 is 20.3 Å². The molecule has 0 aliphatic carbocycles. The molecule has 2 aromatic carbocycles. The first kappa shape index (κ1) is 22.5. The standard InChI is InChI=1S/C25H26N4O3S/c1-14-9-10-15(2)20(11-14)29-17(4)22(24(30)26-21-12-16(3)32-28-21)23(27-25(29)33)18-7-6-8-19(13-18)31-5/h6-13,23H,1-5H3,(H,27,33)(H,26,28,30). The maximum Gasteiger partial charge on any atom is 0.257 e. The van der Waals surface area contributed by atoms with Crippen LogP contribution in [0.1, 0.15) is 35.4 Å². The molecule has 0 saturated carbocycles. The molecule has 0 saturated heterocycles. The molecule has 0 radical (unpaired) electrons. The smallest absolute Gasteiger partial charge is 0.257 e. The number of amides is 1. The Morgan fingerprint density at radius 1 is 1.15 bits per heavy atom. The van der Waals surface area contributed by atoms with Gasteiger partial charge in [0.15, 0.2) is 10.9 Å². The van der Waals surface area contributed by atoms with Crippen molar-refractivity contribution in [3.05, 3.63) is 82.3 Å². The molecule has 4 rings (SSSR count). The minimum atomic E-state index is -0.470. The zero-order valence-corrected chi connectivity index (χ0v) is 20.0. The molecule has 3 aromatic rings. The van der Waals surface area contributed by atoms with Crippen LogP contribution in [0, 0.1) is 20.8 Å². The lowest BCUT2D eigenvalue weighted by atomic mass is 9.93. The molecule has 33 heavy (non-hydrogen) atoms. The van der Waals surface area contributed by atoms with E-state index in [-0.39, 0.29) is 5.91 Å². The zero-order chi connectivity index (χ0) is 23.7. The van der Waals surface area contributed by atoms with Crippen molar-refractivity contribution in [2.45, 2.75) is 33.7 Å². The first-order chi connectivity index (χ1) is 15.8. The fraction of sp³-hybridized carbons (Fsp3) is 0.240. The van der Waals surface area contributed by atoms with Gasteiger partial charge < -0.3 is 19.9 Å². The van der Waals surface area contributed by atoms with Crippen molar-refractivity contribution in [2.75, 3.05) is 17.3 Å². The Morgan fingerprint density at radius 3 is 2.64 bits per heavy atom. The third-order valence-corrected chi connectivity index (χ3v) is 5.93. The topological polar surface area (TPSA) is 79.6 Å². The van der Waals surface area contributed by atoms with Crippen molar-refractivity contribution < 1.29 is 14.1 Å². The van der Waals surface area contributed by atoms with Gasteiger partial charge in [-0.05, 0) is 74.8 Å². The quantitative estimate of drug-likeness (QED) is 0.519. The number of benzene rings is 2. The predicted octanol–water partition coefficient (Wildman–Crippen LogP) is 4.96. The summed E-state index contributed by atoms with van der Waals surface area (Å²) in [7, 11) is 1.61. The van der Waals surface area contributed by atoms with Gasteiger partial charge in [0.25, 0.3) is 5.91 Å². The number of aromatic nitrogens is 1. The summed E-state index contributed by atoms with van der Waals surface area (Å²) >= 11 is 5.79. The highest BCUT2D eigenvalue weighted by Crippen LogP contribution is 2.36. The molecular formula is C25H26N4O3S. The van der Waals surface area contributed by atoms with Crippen LogP contribution in [0.4, 0.5) is 11.5 Å². The van der Waals surface area contributed by atoms with Crippen molar-refractivity contribution in [1.29, 1.82) is 0 Å². The molecule has 7 nitrogen and oxygen atoms in total. The Bertz CT molecular complexity index is 1260. The molecular weight excluding hydrogens is 436 g/mol. The number of allylic oxidation sites excluding steroid dienone is 1. The normalized spacial score (nSPS) is 16.0. The number of methoxy groups -OCH3 is 1. The second-order valence-corrected chi connectivity index (χ2v) is 8.45. The van der Waals surface area contributed by atoms with Gasteiger partial charge in [-0.3, -0.25) is 9.69 Å². The van der Waals surface area contributed by atoms with E-state index in [1.165, 1.54) is 0 Å². The van der Waals surface area contributed by atoms with Gasteiger partial charge in [0.05, 0.1) is 24.4 Å². The second kappa shape index (κ2) is 9.07. The van der Waals surface area contributed by atoms with E-state index in [2.05, 4.69) is 27.9 Å². The number of anilines is 2. The first-order valence-corrected chi connectivity index (χ1v) is 11.0. The van der Waals surface area contributed by atoms with E-state index in [1.54, 1.807) is 20.1 Å². The molecule has 0 fully saturated rings. The number of ether oxygens (including phenoxy) is 1. The van der Waals surface area contributed by atoms with Crippen molar-refractivity contribution in [2.24, 2.45) is 0 Å². The summed E-state index contributed by atoms with van der Waals surface area (Å²) in [4.78, 5) is 15.5. The predicted molar refractivity (Wildman–Crippen MR) is 132 cm³/mol. The first-order valence-electron chi connectivity index (χ1n) is 10.6. The summed E-state index contributed by atoms with van der Waals surface area (Å²) in [6.07, 6.45) is 0. The Kier molecular flexibility index (Phi) is 6.20. The van der Waals surface area contributed by atoms with Crippen LogP contribution in [0.5, 0.6) is 5.75 Å². The highest BCUT2D eigenvalue weighted by molar-refractivity contribution is 7.80. The highest BCUT2D eigenvalue weighted by Gasteiger charge is 2.35. The fourth-order valence-corrected chi connectivity index (χ4v) is 4.32. The third kappa shape index (κ3) is 4.47. The van der Waals surface area contributed by atoms with Gasteiger partial charge in [-0.1, -0.05) is 29.4 Å². The van der Waals surface area contributed by atoms with E-state index in [9.17, 15) is 4.79 Å². The number of carbonyl (C=O) groups is 1. The van der Waals surface area contributed by atoms with Crippen LogP contribution in [0.3, 0.4) is 0 Å². The molecule has 1 atom stereocenters. The number of rotatable bonds is 5. The lowest BCUT2D eigenvalue weighted by molar-refractivity contribution is -0.113. The van der Waals surface area contributed by atoms with Crippen LogP contribution in [0.25, 0.3) is 0 Å². The van der Waals surface area contributed by atoms with E-state index in [0.717, 1.165) is 28.1 Å². The minimum absolute atomic E-state index is 0.293. The summed E-state index contributed by atoms with van der Waals surface area (Å²) in [5.74, 6) is 1.37. The van der Waals surface area contributed by atoms with Gasteiger partial charge in [0.1, 0.15) is 11.5 Å². The van der Waals surface area contributed by atoms with Gasteiger partial charge >= 0.3 is 0 Å². The Morgan fingerprint density at radius 2 is 1.94 bits per heavy atom. The largest absolute Gasteiger partial charge is 0.497 e. The molecule has 2 N–H and O–H groups in total. The van der Waals surface area contributed by atoms with E-state index in [4.69, 9.17) is 21.5 Å². The monoisotopic (exact) mass is 462 g/mol. The molecule has 0 spiro atoms. The van der Waals surface area contributed by atoms with Gasteiger partial charge in [-0.2, -0.15) is 0 Å². The van der Waals surface area contributed by atoms with Gasteiger partial charge in [0.2, 0.25) is 0 Å². The minimum Gasteiger partial charge on any atom is -0.497 e. The average molecular weight is 463 g/mol.